The van der Waals surface area contributed by atoms with Crippen molar-refractivity contribution in [3.8, 4) is 0 Å². The lowest BCUT2D eigenvalue weighted by atomic mass is 9.77. The fourth-order valence-electron chi connectivity index (χ4n) is 2.42. The van der Waals surface area contributed by atoms with E-state index < -0.39 is 0 Å². The Balaban J connectivity index is 2.33. The van der Waals surface area contributed by atoms with Crippen LogP contribution in [0.1, 0.15) is 37.8 Å². The monoisotopic (exact) mass is 266 g/mol. The van der Waals surface area contributed by atoms with E-state index in [1.807, 2.05) is 57.2 Å². The Morgan fingerprint density at radius 2 is 1.40 bits per heavy atom. The summed E-state index contributed by atoms with van der Waals surface area (Å²) in [5, 5.41) is 0. The third-order valence-electron chi connectivity index (χ3n) is 3.54. The van der Waals surface area contributed by atoms with Crippen LogP contribution in [-0.2, 0) is 11.2 Å². The van der Waals surface area contributed by atoms with Gasteiger partial charge in [0.15, 0.2) is 0 Å². The molecule has 1 heteroatoms. The molecule has 2 aromatic carbocycles. The van der Waals surface area contributed by atoms with Gasteiger partial charge in [-0.1, -0.05) is 81.4 Å². The maximum absolute atomic E-state index is 12.8. The van der Waals surface area contributed by atoms with Gasteiger partial charge >= 0.3 is 0 Å². The topological polar surface area (TPSA) is 17.1 Å². The lowest BCUT2D eigenvalue weighted by Gasteiger charge is -2.25. The first-order chi connectivity index (χ1) is 9.48. The third-order valence-corrected chi connectivity index (χ3v) is 3.54. The molecule has 1 unspecified atom stereocenters. The van der Waals surface area contributed by atoms with E-state index in [0.29, 0.717) is 5.78 Å². The summed E-state index contributed by atoms with van der Waals surface area (Å²) in [6.07, 6.45) is 0.765. The van der Waals surface area contributed by atoms with Crippen LogP contribution in [0.5, 0.6) is 0 Å². The summed E-state index contributed by atoms with van der Waals surface area (Å²) in [5.74, 6) is 0.228. The predicted molar refractivity (Wildman–Crippen MR) is 83.8 cm³/mol. The Kier molecular flexibility index (Phi) is 4.39. The molecule has 0 aliphatic rings. The van der Waals surface area contributed by atoms with Crippen LogP contribution in [0.3, 0.4) is 0 Å². The highest BCUT2D eigenvalue weighted by molar-refractivity contribution is 5.90. The Bertz CT molecular complexity index is 549. The lowest BCUT2D eigenvalue weighted by molar-refractivity contribution is -0.127. The van der Waals surface area contributed by atoms with Gasteiger partial charge in [-0.2, -0.15) is 0 Å². The molecule has 0 aliphatic heterocycles. The third kappa shape index (κ3) is 3.57. The molecule has 0 N–H and O–H groups in total. The molecule has 20 heavy (non-hydrogen) atoms. The van der Waals surface area contributed by atoms with Crippen LogP contribution in [0, 0.1) is 5.41 Å². The molecule has 0 amide bonds. The molecule has 0 spiro atoms. The van der Waals surface area contributed by atoms with E-state index in [0.717, 1.165) is 12.0 Å². The first-order valence-electron chi connectivity index (χ1n) is 7.11. The molecule has 0 fully saturated rings. The second-order valence-corrected chi connectivity index (χ2v) is 6.27. The van der Waals surface area contributed by atoms with E-state index in [4.69, 9.17) is 0 Å². The van der Waals surface area contributed by atoms with Crippen LogP contribution in [0.2, 0.25) is 0 Å². The molecule has 2 rings (SSSR count). The van der Waals surface area contributed by atoms with Gasteiger partial charge in [-0.15, -0.1) is 0 Å². The minimum Gasteiger partial charge on any atom is -0.298 e. The van der Waals surface area contributed by atoms with E-state index in [1.165, 1.54) is 5.56 Å². The van der Waals surface area contributed by atoms with E-state index >= 15 is 0 Å². The number of hydrogen-bond donors (Lipinski definition) is 0. The average molecular weight is 266 g/mol. The van der Waals surface area contributed by atoms with Crippen molar-refractivity contribution in [2.75, 3.05) is 0 Å². The number of carbonyl (C=O) groups is 1. The van der Waals surface area contributed by atoms with E-state index in [1.54, 1.807) is 0 Å². The number of ketones is 1. The molecular weight excluding hydrogens is 244 g/mol. The van der Waals surface area contributed by atoms with Gasteiger partial charge in [0, 0.05) is 11.3 Å². The zero-order valence-corrected chi connectivity index (χ0v) is 12.5. The van der Waals surface area contributed by atoms with Crippen molar-refractivity contribution in [1.29, 1.82) is 0 Å². The van der Waals surface area contributed by atoms with Gasteiger partial charge in [-0.05, 0) is 17.5 Å². The Hall–Kier alpha value is -1.89. The summed E-state index contributed by atoms with van der Waals surface area (Å²) < 4.78 is 0. The number of carbonyl (C=O) groups excluding carboxylic acids is 1. The van der Waals surface area contributed by atoms with Gasteiger partial charge < -0.3 is 0 Å². The highest BCUT2D eigenvalue weighted by atomic mass is 16.1. The number of Topliss-reactive ketones (excluding diaryl/α,β-unsaturated/α-hetero) is 1. The van der Waals surface area contributed by atoms with Gasteiger partial charge in [0.25, 0.3) is 0 Å². The first-order valence-corrected chi connectivity index (χ1v) is 7.11. The fourth-order valence-corrected chi connectivity index (χ4v) is 2.42. The van der Waals surface area contributed by atoms with Gasteiger partial charge in [0.1, 0.15) is 5.78 Å². The van der Waals surface area contributed by atoms with E-state index in [9.17, 15) is 4.79 Å². The molecule has 1 nitrogen and oxygen atoms in total. The molecule has 0 aromatic heterocycles. The summed E-state index contributed by atoms with van der Waals surface area (Å²) >= 11 is 0. The number of benzene rings is 2. The molecule has 0 aliphatic carbocycles. The highest BCUT2D eigenvalue weighted by Gasteiger charge is 2.30. The second kappa shape index (κ2) is 6.04. The maximum atomic E-state index is 12.8. The van der Waals surface area contributed by atoms with Crippen LogP contribution in [-0.4, -0.2) is 5.78 Å². The molecule has 1 atom stereocenters. The summed E-state index contributed by atoms with van der Waals surface area (Å²) in [6.45, 7) is 5.99. The van der Waals surface area contributed by atoms with Crippen molar-refractivity contribution in [1.82, 2.24) is 0 Å². The summed E-state index contributed by atoms with van der Waals surface area (Å²) in [5.41, 5.74) is 1.99. The Labute approximate surface area is 121 Å². The number of rotatable bonds is 4. The van der Waals surface area contributed by atoms with Gasteiger partial charge in [-0.3, -0.25) is 4.79 Å². The van der Waals surface area contributed by atoms with Crippen LogP contribution < -0.4 is 0 Å². The van der Waals surface area contributed by atoms with Crippen LogP contribution >= 0.6 is 0 Å². The van der Waals surface area contributed by atoms with Crippen LogP contribution in [0.25, 0.3) is 0 Å². The van der Waals surface area contributed by atoms with Gasteiger partial charge in [0.05, 0.1) is 0 Å². The number of hydrogen-bond acceptors (Lipinski definition) is 1. The largest absolute Gasteiger partial charge is 0.298 e. The molecule has 0 saturated heterocycles. The van der Waals surface area contributed by atoms with Crippen LogP contribution in [0.4, 0.5) is 0 Å². The maximum Gasteiger partial charge on any atom is 0.145 e. The van der Waals surface area contributed by atoms with Crippen molar-refractivity contribution in [3.05, 3.63) is 71.8 Å². The van der Waals surface area contributed by atoms with Crippen molar-refractivity contribution in [3.63, 3.8) is 0 Å². The summed E-state index contributed by atoms with van der Waals surface area (Å²) in [6, 6.07) is 20.3. The molecule has 0 radical (unpaired) electrons. The SMILES string of the molecule is CC(C)(C)C(=O)C(Cc1ccccc1)c1ccccc1. The molecule has 2 aromatic rings. The molecular formula is C19H22O. The molecule has 104 valence electrons. The zero-order valence-electron chi connectivity index (χ0n) is 12.5. The summed E-state index contributed by atoms with van der Waals surface area (Å²) in [4.78, 5) is 12.8. The first kappa shape index (κ1) is 14.5. The lowest BCUT2D eigenvalue weighted by Crippen LogP contribution is -2.28. The smallest absolute Gasteiger partial charge is 0.145 e. The van der Waals surface area contributed by atoms with Gasteiger partial charge in [0.2, 0.25) is 0 Å². The van der Waals surface area contributed by atoms with Gasteiger partial charge in [-0.25, -0.2) is 0 Å². The fraction of sp³-hybridized carbons (Fsp3) is 0.316. The van der Waals surface area contributed by atoms with Crippen molar-refractivity contribution in [2.24, 2.45) is 5.41 Å². The second-order valence-electron chi connectivity index (χ2n) is 6.27. The minimum atomic E-state index is -0.324. The molecule has 0 heterocycles. The minimum absolute atomic E-state index is 0.0707. The normalized spacial score (nSPS) is 12.9. The van der Waals surface area contributed by atoms with E-state index in [2.05, 4.69) is 24.3 Å². The zero-order chi connectivity index (χ0) is 14.6. The Morgan fingerprint density at radius 1 is 0.900 bits per heavy atom. The van der Waals surface area contributed by atoms with Crippen molar-refractivity contribution in [2.45, 2.75) is 33.1 Å². The standard InChI is InChI=1S/C19H22O/c1-19(2,3)18(20)17(16-12-8-5-9-13-16)14-15-10-6-4-7-11-15/h4-13,17H,14H2,1-3H3. The highest BCUT2D eigenvalue weighted by Crippen LogP contribution is 2.30. The average Bonchev–Trinajstić information content (AvgIpc) is 2.45. The quantitative estimate of drug-likeness (QED) is 0.788. The molecule has 0 saturated carbocycles. The Morgan fingerprint density at radius 3 is 1.90 bits per heavy atom. The summed E-state index contributed by atoms with van der Waals surface area (Å²) in [7, 11) is 0. The van der Waals surface area contributed by atoms with Crippen molar-refractivity contribution < 1.29 is 4.79 Å². The van der Waals surface area contributed by atoms with Crippen molar-refractivity contribution >= 4 is 5.78 Å². The van der Waals surface area contributed by atoms with E-state index in [-0.39, 0.29) is 11.3 Å². The van der Waals surface area contributed by atoms with Crippen LogP contribution in [0.15, 0.2) is 60.7 Å². The molecule has 0 bridgehead atoms. The predicted octanol–water partition coefficient (Wildman–Crippen LogP) is 4.63.